The standard InChI is InChI=1S/C28H40Cl2N4O6S/c1-3-8-31-28(35)32-9-11-38-13-15-40-16-14-39-12-10-33-41(36,37)23-6-4-21(5-7-23)25-19-34(2)20-26-24(25)17-22(29)18-27(26)30/h4-7,17-18,25,33H,3,8-16,19-20H2,1-2H3,(H2,31,32,35)/t25-/m0/s1. The summed E-state index contributed by atoms with van der Waals surface area (Å²) in [7, 11) is -1.64. The molecule has 3 rings (SSSR count). The molecule has 2 aromatic carbocycles. The third kappa shape index (κ3) is 11.0. The van der Waals surface area contributed by atoms with E-state index in [1.807, 2.05) is 32.2 Å². The van der Waals surface area contributed by atoms with E-state index in [0.29, 0.717) is 56.2 Å². The number of rotatable bonds is 17. The Kier molecular flexibility index (Phi) is 14.1. The average Bonchev–Trinajstić information content (AvgIpc) is 2.94. The van der Waals surface area contributed by atoms with Gasteiger partial charge >= 0.3 is 6.03 Å². The Balaban J connectivity index is 1.31. The Bertz CT molecular complexity index is 1220. The largest absolute Gasteiger partial charge is 0.378 e. The number of nitrogens with zero attached hydrogens (tertiary/aromatic N) is 1. The van der Waals surface area contributed by atoms with Crippen LogP contribution < -0.4 is 15.4 Å². The summed E-state index contributed by atoms with van der Waals surface area (Å²) in [6.07, 6.45) is 0.887. The van der Waals surface area contributed by atoms with E-state index in [-0.39, 0.29) is 30.0 Å². The van der Waals surface area contributed by atoms with Crippen LogP contribution in [0.5, 0.6) is 0 Å². The lowest BCUT2D eigenvalue weighted by atomic mass is 9.85. The number of nitrogens with one attached hydrogen (secondary N) is 3. The van der Waals surface area contributed by atoms with Gasteiger partial charge in [0.1, 0.15) is 0 Å². The smallest absolute Gasteiger partial charge is 0.314 e. The summed E-state index contributed by atoms with van der Waals surface area (Å²) in [5.74, 6) is 0.0346. The van der Waals surface area contributed by atoms with Crippen molar-refractivity contribution in [2.24, 2.45) is 0 Å². The second-order valence-corrected chi connectivity index (χ2v) is 12.3. The van der Waals surface area contributed by atoms with Crippen LogP contribution in [0.1, 0.15) is 36.0 Å². The minimum absolute atomic E-state index is 0.0346. The maximum absolute atomic E-state index is 12.8. The number of amides is 2. The van der Waals surface area contributed by atoms with E-state index in [0.717, 1.165) is 36.2 Å². The molecule has 228 valence electrons. The van der Waals surface area contributed by atoms with Crippen LogP contribution in [0.2, 0.25) is 10.0 Å². The number of urea groups is 1. The number of benzene rings is 2. The molecule has 0 radical (unpaired) electrons. The number of hydrogen-bond acceptors (Lipinski definition) is 7. The first kappa shape index (κ1) is 33.5. The van der Waals surface area contributed by atoms with E-state index in [2.05, 4.69) is 20.3 Å². The molecule has 2 amide bonds. The Morgan fingerprint density at radius 2 is 1.54 bits per heavy atom. The van der Waals surface area contributed by atoms with Gasteiger partial charge in [-0.05, 0) is 54.4 Å². The zero-order valence-electron chi connectivity index (χ0n) is 23.6. The fourth-order valence-electron chi connectivity index (χ4n) is 4.42. The van der Waals surface area contributed by atoms with Crippen molar-refractivity contribution in [3.05, 3.63) is 63.1 Å². The van der Waals surface area contributed by atoms with E-state index in [1.165, 1.54) is 0 Å². The SMILES string of the molecule is CCCNC(=O)NCCOCCOCCOCCNS(=O)(=O)c1ccc([C@@H]2CN(C)Cc3c(Cl)cc(Cl)cc32)cc1. The Hall–Kier alpha value is -1.96. The lowest BCUT2D eigenvalue weighted by molar-refractivity contribution is 0.0165. The third-order valence-electron chi connectivity index (χ3n) is 6.44. The molecule has 0 aliphatic carbocycles. The molecule has 41 heavy (non-hydrogen) atoms. The summed E-state index contributed by atoms with van der Waals surface area (Å²) >= 11 is 12.7. The highest BCUT2D eigenvalue weighted by molar-refractivity contribution is 7.89. The van der Waals surface area contributed by atoms with Crippen molar-refractivity contribution in [3.63, 3.8) is 0 Å². The Labute approximate surface area is 253 Å². The number of carbonyl (C=O) groups is 1. The number of hydrogen-bond donors (Lipinski definition) is 3. The first-order valence-electron chi connectivity index (χ1n) is 13.7. The van der Waals surface area contributed by atoms with Crippen LogP contribution in [0.15, 0.2) is 41.3 Å². The maximum atomic E-state index is 12.8. The van der Waals surface area contributed by atoms with Gasteiger partial charge in [-0.1, -0.05) is 42.3 Å². The molecule has 0 unspecified atom stereocenters. The number of fused-ring (bicyclic) bond motifs is 1. The predicted molar refractivity (Wildman–Crippen MR) is 160 cm³/mol. The second kappa shape index (κ2) is 17.2. The molecule has 0 saturated carbocycles. The number of likely N-dealkylation sites (N-methyl/N-ethyl adjacent to an activating group) is 1. The fraction of sp³-hybridized carbons (Fsp3) is 0.536. The van der Waals surface area contributed by atoms with Crippen LogP contribution in [-0.4, -0.2) is 92.2 Å². The molecule has 1 atom stereocenters. The molecule has 0 aromatic heterocycles. The Morgan fingerprint density at radius 1 is 0.927 bits per heavy atom. The quantitative estimate of drug-likeness (QED) is 0.229. The highest BCUT2D eigenvalue weighted by Crippen LogP contribution is 2.38. The molecular weight excluding hydrogens is 591 g/mol. The van der Waals surface area contributed by atoms with E-state index in [9.17, 15) is 13.2 Å². The summed E-state index contributed by atoms with van der Waals surface area (Å²) in [6.45, 7) is 6.84. The minimum atomic E-state index is -3.68. The van der Waals surface area contributed by atoms with Gasteiger partial charge in [0.25, 0.3) is 0 Å². The summed E-state index contributed by atoms with van der Waals surface area (Å²) in [5, 5.41) is 6.65. The summed E-state index contributed by atoms with van der Waals surface area (Å²) < 4.78 is 44.3. The monoisotopic (exact) mass is 630 g/mol. The number of sulfonamides is 1. The van der Waals surface area contributed by atoms with Crippen LogP contribution in [0, 0.1) is 0 Å². The van der Waals surface area contributed by atoms with Crippen molar-refractivity contribution in [1.82, 2.24) is 20.3 Å². The lowest BCUT2D eigenvalue weighted by Crippen LogP contribution is -2.37. The molecule has 1 aliphatic heterocycles. The van der Waals surface area contributed by atoms with Gasteiger partial charge in [0, 0.05) is 48.7 Å². The van der Waals surface area contributed by atoms with Gasteiger partial charge in [-0.25, -0.2) is 17.9 Å². The van der Waals surface area contributed by atoms with Crippen LogP contribution in [0.25, 0.3) is 0 Å². The first-order chi connectivity index (χ1) is 19.7. The van der Waals surface area contributed by atoms with Crippen LogP contribution in [0.3, 0.4) is 0 Å². The van der Waals surface area contributed by atoms with E-state index in [1.54, 1.807) is 18.2 Å². The van der Waals surface area contributed by atoms with Crippen LogP contribution in [0.4, 0.5) is 4.79 Å². The van der Waals surface area contributed by atoms with Crippen LogP contribution >= 0.6 is 23.2 Å². The highest BCUT2D eigenvalue weighted by Gasteiger charge is 2.27. The van der Waals surface area contributed by atoms with E-state index >= 15 is 0 Å². The van der Waals surface area contributed by atoms with Gasteiger partial charge in [0.15, 0.2) is 0 Å². The van der Waals surface area contributed by atoms with Crippen molar-refractivity contribution in [2.75, 3.05) is 72.9 Å². The van der Waals surface area contributed by atoms with Gasteiger partial charge in [0.05, 0.1) is 44.5 Å². The van der Waals surface area contributed by atoms with Gasteiger partial charge in [-0.3, -0.25) is 0 Å². The molecular formula is C28H40Cl2N4O6S. The van der Waals surface area contributed by atoms with Crippen molar-refractivity contribution in [2.45, 2.75) is 30.7 Å². The third-order valence-corrected chi connectivity index (χ3v) is 8.47. The minimum Gasteiger partial charge on any atom is -0.378 e. The van der Waals surface area contributed by atoms with Crippen molar-refractivity contribution < 1.29 is 27.4 Å². The van der Waals surface area contributed by atoms with Gasteiger partial charge in [0.2, 0.25) is 10.0 Å². The fourth-order valence-corrected chi connectivity index (χ4v) is 6.00. The van der Waals surface area contributed by atoms with Crippen molar-refractivity contribution in [1.29, 1.82) is 0 Å². The number of ether oxygens (including phenoxy) is 3. The zero-order chi connectivity index (χ0) is 29.7. The van der Waals surface area contributed by atoms with Crippen LogP contribution in [-0.2, 0) is 30.8 Å². The van der Waals surface area contributed by atoms with Gasteiger partial charge < -0.3 is 29.7 Å². The number of carbonyl (C=O) groups excluding carboxylic acids is 1. The lowest BCUT2D eigenvalue weighted by Gasteiger charge is -2.33. The van der Waals surface area contributed by atoms with E-state index in [4.69, 9.17) is 37.4 Å². The number of halogens is 2. The second-order valence-electron chi connectivity index (χ2n) is 9.69. The molecule has 0 fully saturated rings. The molecule has 0 spiro atoms. The van der Waals surface area contributed by atoms with E-state index < -0.39 is 10.0 Å². The Morgan fingerprint density at radius 3 is 2.20 bits per heavy atom. The average molecular weight is 632 g/mol. The van der Waals surface area contributed by atoms with Crippen molar-refractivity contribution in [3.8, 4) is 0 Å². The van der Waals surface area contributed by atoms with Gasteiger partial charge in [-0.2, -0.15) is 0 Å². The molecule has 10 nitrogen and oxygen atoms in total. The summed E-state index contributed by atoms with van der Waals surface area (Å²) in [4.78, 5) is 13.8. The summed E-state index contributed by atoms with van der Waals surface area (Å²) in [5.41, 5.74) is 3.11. The molecule has 3 N–H and O–H groups in total. The van der Waals surface area contributed by atoms with Crippen molar-refractivity contribution >= 4 is 39.3 Å². The molecule has 2 aromatic rings. The first-order valence-corrected chi connectivity index (χ1v) is 16.0. The maximum Gasteiger partial charge on any atom is 0.314 e. The zero-order valence-corrected chi connectivity index (χ0v) is 25.9. The molecule has 0 bridgehead atoms. The topological polar surface area (TPSA) is 118 Å². The molecule has 1 heterocycles. The predicted octanol–water partition coefficient (Wildman–Crippen LogP) is 3.61. The summed E-state index contributed by atoms with van der Waals surface area (Å²) in [6, 6.07) is 10.4. The van der Waals surface area contributed by atoms with Gasteiger partial charge in [-0.15, -0.1) is 0 Å². The molecule has 0 saturated heterocycles. The highest BCUT2D eigenvalue weighted by atomic mass is 35.5. The molecule has 1 aliphatic rings. The normalized spacial score (nSPS) is 15.5. The molecule has 13 heteroatoms.